The number of benzene rings is 2. The second kappa shape index (κ2) is 8.02. The fraction of sp³-hybridized carbons (Fsp3) is 0.105. The fourth-order valence-corrected chi connectivity index (χ4v) is 2.74. The van der Waals surface area contributed by atoms with Gasteiger partial charge in [0.15, 0.2) is 0 Å². The minimum atomic E-state index is -4.60. The zero-order valence-corrected chi connectivity index (χ0v) is 16.7. The number of hydrogen-bond acceptors (Lipinski definition) is 5. The maximum absolute atomic E-state index is 13.4. The number of aromatic nitrogens is 2. The van der Waals surface area contributed by atoms with Gasteiger partial charge in [-0.25, -0.2) is 4.98 Å². The normalized spacial score (nSPS) is 11.0. The summed E-state index contributed by atoms with van der Waals surface area (Å²) < 4.78 is 41.1. The Morgan fingerprint density at radius 1 is 1.07 bits per heavy atom. The minimum Gasteiger partial charge on any atom is -0.340 e. The molecule has 142 valence electrons. The lowest BCUT2D eigenvalue weighted by atomic mass is 10.2. The lowest BCUT2D eigenvalue weighted by molar-refractivity contribution is -0.137. The average molecular weight is 495 g/mol. The first kappa shape index (κ1) is 19.9. The van der Waals surface area contributed by atoms with Gasteiger partial charge in [0.25, 0.3) is 0 Å². The summed E-state index contributed by atoms with van der Waals surface area (Å²) in [4.78, 5) is 9.50. The summed E-state index contributed by atoms with van der Waals surface area (Å²) >= 11 is 2.11. The van der Waals surface area contributed by atoms with Crippen LogP contribution in [0.1, 0.15) is 11.1 Å². The van der Waals surface area contributed by atoms with Crippen molar-refractivity contribution < 1.29 is 13.2 Å². The van der Waals surface area contributed by atoms with Crippen molar-refractivity contribution >= 4 is 45.7 Å². The third kappa shape index (κ3) is 4.51. The Labute approximate surface area is 173 Å². The predicted molar refractivity (Wildman–Crippen MR) is 109 cm³/mol. The number of anilines is 4. The molecule has 0 unspecified atom stereocenters. The van der Waals surface area contributed by atoms with Crippen LogP contribution in [0.2, 0.25) is 0 Å². The number of nitrogens with one attached hydrogen (secondary N) is 1. The Morgan fingerprint density at radius 2 is 1.71 bits per heavy atom. The van der Waals surface area contributed by atoms with Gasteiger partial charge in [0.05, 0.1) is 11.6 Å². The van der Waals surface area contributed by atoms with Crippen LogP contribution in [0, 0.1) is 14.9 Å². The Hall–Kier alpha value is -2.87. The molecule has 0 saturated heterocycles. The molecule has 1 N–H and O–H groups in total. The minimum absolute atomic E-state index is 0.0886. The maximum atomic E-state index is 13.4. The second-order valence-corrected chi connectivity index (χ2v) is 7.03. The predicted octanol–water partition coefficient (Wildman–Crippen LogP) is 5.48. The third-order valence-electron chi connectivity index (χ3n) is 3.87. The van der Waals surface area contributed by atoms with Crippen molar-refractivity contribution in [3.05, 3.63) is 69.4 Å². The van der Waals surface area contributed by atoms with Crippen LogP contribution >= 0.6 is 22.6 Å². The van der Waals surface area contributed by atoms with Crippen molar-refractivity contribution in [1.29, 1.82) is 5.26 Å². The SMILES string of the molecule is CN(c1ccc(C#N)cc1)c1ncc(C(F)(F)F)c(Nc2ccc(I)cc2)n1. The van der Waals surface area contributed by atoms with Crippen LogP contribution in [0.4, 0.5) is 36.3 Å². The maximum Gasteiger partial charge on any atom is 0.421 e. The Bertz CT molecular complexity index is 1010. The topological polar surface area (TPSA) is 64.8 Å². The molecule has 5 nitrogen and oxygen atoms in total. The molecule has 2 aromatic carbocycles. The first-order chi connectivity index (χ1) is 13.3. The van der Waals surface area contributed by atoms with Crippen molar-refractivity contribution in [1.82, 2.24) is 9.97 Å². The van der Waals surface area contributed by atoms with E-state index in [4.69, 9.17) is 5.26 Å². The quantitative estimate of drug-likeness (QED) is 0.486. The van der Waals surface area contributed by atoms with Crippen molar-refractivity contribution in [2.24, 2.45) is 0 Å². The summed E-state index contributed by atoms with van der Waals surface area (Å²) in [6, 6.07) is 15.5. The molecule has 1 aromatic heterocycles. The molecule has 0 aliphatic carbocycles. The molecule has 3 rings (SSSR count). The van der Waals surface area contributed by atoms with E-state index >= 15 is 0 Å². The van der Waals surface area contributed by atoms with E-state index in [1.54, 1.807) is 60.5 Å². The highest BCUT2D eigenvalue weighted by atomic mass is 127. The van der Waals surface area contributed by atoms with Crippen molar-refractivity contribution in [2.75, 3.05) is 17.3 Å². The molecule has 0 aliphatic rings. The van der Waals surface area contributed by atoms with E-state index in [1.807, 2.05) is 6.07 Å². The smallest absolute Gasteiger partial charge is 0.340 e. The van der Waals surface area contributed by atoms with Crippen LogP contribution in [0.5, 0.6) is 0 Å². The molecule has 0 fully saturated rings. The molecule has 0 radical (unpaired) electrons. The third-order valence-corrected chi connectivity index (χ3v) is 4.59. The lowest BCUT2D eigenvalue weighted by Gasteiger charge is -2.20. The molecule has 0 aliphatic heterocycles. The van der Waals surface area contributed by atoms with Gasteiger partial charge in [-0.1, -0.05) is 0 Å². The van der Waals surface area contributed by atoms with E-state index in [1.165, 1.54) is 0 Å². The van der Waals surface area contributed by atoms with Gasteiger partial charge in [0.1, 0.15) is 11.4 Å². The summed E-state index contributed by atoms with van der Waals surface area (Å²) in [6.07, 6.45) is -3.84. The number of rotatable bonds is 4. The zero-order chi connectivity index (χ0) is 20.3. The standard InChI is InChI=1S/C19H13F3IN5/c1-28(15-8-2-12(10-24)3-9-15)18-25-11-16(19(20,21)22)17(27-18)26-14-6-4-13(23)5-7-14/h2-9,11H,1H3,(H,25,26,27). The molecule has 3 aromatic rings. The number of halogens is 4. The van der Waals surface area contributed by atoms with Gasteiger partial charge in [-0.3, -0.25) is 0 Å². The first-order valence-electron chi connectivity index (χ1n) is 7.98. The van der Waals surface area contributed by atoms with E-state index in [0.717, 1.165) is 9.77 Å². The molecular weight excluding hydrogens is 482 g/mol. The Morgan fingerprint density at radius 3 is 2.29 bits per heavy atom. The van der Waals surface area contributed by atoms with Crippen LogP contribution in [0.3, 0.4) is 0 Å². The summed E-state index contributed by atoms with van der Waals surface area (Å²) in [5.74, 6) is -0.245. The monoisotopic (exact) mass is 495 g/mol. The summed E-state index contributed by atoms with van der Waals surface area (Å²) in [5.41, 5.74) is 0.644. The van der Waals surface area contributed by atoms with Crippen LogP contribution in [-0.2, 0) is 6.18 Å². The number of nitriles is 1. The zero-order valence-electron chi connectivity index (χ0n) is 14.5. The summed E-state index contributed by atoms with van der Waals surface area (Å²) in [7, 11) is 1.64. The summed E-state index contributed by atoms with van der Waals surface area (Å²) in [6.45, 7) is 0. The van der Waals surface area contributed by atoms with Gasteiger partial charge in [0.2, 0.25) is 5.95 Å². The number of nitrogens with zero attached hydrogens (tertiary/aromatic N) is 4. The van der Waals surface area contributed by atoms with E-state index in [9.17, 15) is 13.2 Å². The van der Waals surface area contributed by atoms with Gasteiger partial charge in [-0.05, 0) is 71.1 Å². The first-order valence-corrected chi connectivity index (χ1v) is 9.06. The highest BCUT2D eigenvalue weighted by Gasteiger charge is 2.35. The molecule has 0 atom stereocenters. The fourth-order valence-electron chi connectivity index (χ4n) is 2.38. The lowest BCUT2D eigenvalue weighted by Crippen LogP contribution is -2.17. The molecule has 0 saturated carbocycles. The Kier molecular flexibility index (Phi) is 5.69. The van der Waals surface area contributed by atoms with E-state index < -0.39 is 11.7 Å². The van der Waals surface area contributed by atoms with Crippen molar-refractivity contribution in [3.8, 4) is 6.07 Å². The molecule has 28 heavy (non-hydrogen) atoms. The van der Waals surface area contributed by atoms with Crippen molar-refractivity contribution in [3.63, 3.8) is 0 Å². The molecule has 0 amide bonds. The van der Waals surface area contributed by atoms with Crippen molar-refractivity contribution in [2.45, 2.75) is 6.18 Å². The van der Waals surface area contributed by atoms with Gasteiger partial charge in [0, 0.05) is 28.2 Å². The molecular formula is C19H13F3IN5. The van der Waals surface area contributed by atoms with Crippen LogP contribution in [0.15, 0.2) is 54.7 Å². The van der Waals surface area contributed by atoms with E-state index in [-0.39, 0.29) is 11.8 Å². The molecule has 0 bridgehead atoms. The molecule has 1 heterocycles. The second-order valence-electron chi connectivity index (χ2n) is 5.78. The van der Waals surface area contributed by atoms with Gasteiger partial charge >= 0.3 is 6.18 Å². The average Bonchev–Trinajstić information content (AvgIpc) is 2.68. The Balaban J connectivity index is 1.98. The van der Waals surface area contributed by atoms with Gasteiger partial charge < -0.3 is 10.2 Å². The van der Waals surface area contributed by atoms with Crippen LogP contribution in [-0.4, -0.2) is 17.0 Å². The van der Waals surface area contributed by atoms with E-state index in [0.29, 0.717) is 16.9 Å². The molecule has 0 spiro atoms. The highest BCUT2D eigenvalue weighted by molar-refractivity contribution is 14.1. The largest absolute Gasteiger partial charge is 0.421 e. The van der Waals surface area contributed by atoms with E-state index in [2.05, 4.69) is 37.9 Å². The number of alkyl halides is 3. The highest BCUT2D eigenvalue weighted by Crippen LogP contribution is 2.36. The number of hydrogen-bond donors (Lipinski definition) is 1. The summed E-state index contributed by atoms with van der Waals surface area (Å²) in [5, 5.41) is 11.6. The van der Waals surface area contributed by atoms with Crippen LogP contribution in [0.25, 0.3) is 0 Å². The van der Waals surface area contributed by atoms with Gasteiger partial charge in [-0.2, -0.15) is 23.4 Å². The van der Waals surface area contributed by atoms with Crippen LogP contribution < -0.4 is 10.2 Å². The molecule has 9 heteroatoms. The van der Waals surface area contributed by atoms with Gasteiger partial charge in [-0.15, -0.1) is 0 Å².